The van der Waals surface area contributed by atoms with Crippen molar-refractivity contribution in [1.82, 2.24) is 4.98 Å². The molecule has 0 unspecified atom stereocenters. The van der Waals surface area contributed by atoms with Gasteiger partial charge in [-0.05, 0) is 64.6 Å². The molecule has 3 heteroatoms. The number of nitrogens with zero attached hydrogens (tertiary/aromatic N) is 1. The lowest BCUT2D eigenvalue weighted by Gasteiger charge is -2.22. The molecule has 5 rings (SSSR count). The Kier molecular flexibility index (Phi) is 3.47. The van der Waals surface area contributed by atoms with Crippen molar-refractivity contribution in [3.63, 3.8) is 0 Å². The zero-order chi connectivity index (χ0) is 18.8. The number of para-hydroxylation sites is 1. The summed E-state index contributed by atoms with van der Waals surface area (Å²) in [6, 6.07) is 15.1. The first-order valence-electron chi connectivity index (χ1n) is 9.22. The highest BCUT2D eigenvalue weighted by molar-refractivity contribution is 7.17. The largest absolute Gasteiger partial charge is 0.455 e. The van der Waals surface area contributed by atoms with E-state index in [2.05, 4.69) is 75.5 Å². The van der Waals surface area contributed by atoms with Gasteiger partial charge in [-0.2, -0.15) is 0 Å². The van der Waals surface area contributed by atoms with Crippen LogP contribution in [0.5, 0.6) is 0 Å². The molecule has 0 fully saturated rings. The number of furan rings is 1. The number of aromatic nitrogens is 1. The third-order valence-corrected chi connectivity index (χ3v) is 6.14. The van der Waals surface area contributed by atoms with E-state index in [1.807, 2.05) is 6.20 Å². The van der Waals surface area contributed by atoms with E-state index in [0.29, 0.717) is 0 Å². The van der Waals surface area contributed by atoms with Gasteiger partial charge >= 0.3 is 0 Å². The second kappa shape index (κ2) is 5.67. The molecule has 0 saturated heterocycles. The van der Waals surface area contributed by atoms with Crippen LogP contribution in [-0.4, -0.2) is 4.98 Å². The normalized spacial score (nSPS) is 12.4. The van der Waals surface area contributed by atoms with Gasteiger partial charge in [0.1, 0.15) is 11.2 Å². The number of hydrogen-bond donors (Lipinski definition) is 0. The van der Waals surface area contributed by atoms with Crippen molar-refractivity contribution in [2.75, 3.05) is 0 Å². The molecule has 0 amide bonds. The summed E-state index contributed by atoms with van der Waals surface area (Å²) in [5.74, 6) is 0. The molecule has 3 heterocycles. The van der Waals surface area contributed by atoms with Crippen LogP contribution in [-0.2, 0) is 5.41 Å². The van der Waals surface area contributed by atoms with Crippen LogP contribution in [0.1, 0.15) is 31.9 Å². The second-order valence-electron chi connectivity index (χ2n) is 8.23. The van der Waals surface area contributed by atoms with Crippen molar-refractivity contribution in [3.05, 3.63) is 65.2 Å². The Hall–Kier alpha value is -2.65. The summed E-state index contributed by atoms with van der Waals surface area (Å²) in [6.45, 7) is 8.86. The summed E-state index contributed by atoms with van der Waals surface area (Å²) in [7, 11) is 0. The van der Waals surface area contributed by atoms with E-state index in [4.69, 9.17) is 9.40 Å². The Balaban J connectivity index is 1.80. The maximum absolute atomic E-state index is 6.34. The zero-order valence-electron chi connectivity index (χ0n) is 16.0. The number of benzene rings is 2. The van der Waals surface area contributed by atoms with Crippen LogP contribution in [0, 0.1) is 6.92 Å². The van der Waals surface area contributed by atoms with E-state index in [1.165, 1.54) is 26.6 Å². The second-order valence-corrected chi connectivity index (χ2v) is 9.17. The van der Waals surface area contributed by atoms with Gasteiger partial charge in [0.05, 0.1) is 5.69 Å². The Morgan fingerprint density at radius 2 is 1.85 bits per heavy atom. The standard InChI is InChI=1S/C24H21NOS/c1-14-13-25-20(11-19(14)24(2,3)4)17-7-5-6-16-18-10-15-8-9-27-22(15)12-21(18)26-23(16)17/h5-13H,1-4H3. The van der Waals surface area contributed by atoms with E-state index < -0.39 is 0 Å². The Bertz CT molecular complexity index is 1320. The van der Waals surface area contributed by atoms with Gasteiger partial charge < -0.3 is 4.42 Å². The number of rotatable bonds is 1. The molecule has 5 aromatic rings. The van der Waals surface area contributed by atoms with Crippen LogP contribution in [0.4, 0.5) is 0 Å². The predicted octanol–water partition coefficient (Wildman–Crippen LogP) is 7.47. The number of pyridine rings is 1. The summed E-state index contributed by atoms with van der Waals surface area (Å²) in [6.07, 6.45) is 1.98. The highest BCUT2D eigenvalue weighted by Crippen LogP contribution is 2.38. The topological polar surface area (TPSA) is 26.0 Å². The van der Waals surface area contributed by atoms with E-state index in [1.54, 1.807) is 11.3 Å². The van der Waals surface area contributed by atoms with Gasteiger partial charge in [-0.1, -0.05) is 32.9 Å². The maximum atomic E-state index is 6.34. The quantitative estimate of drug-likeness (QED) is 0.305. The van der Waals surface area contributed by atoms with Crippen molar-refractivity contribution in [3.8, 4) is 11.3 Å². The van der Waals surface area contributed by atoms with Gasteiger partial charge in [-0.15, -0.1) is 11.3 Å². The Morgan fingerprint density at radius 1 is 1.00 bits per heavy atom. The summed E-state index contributed by atoms with van der Waals surface area (Å²) < 4.78 is 7.59. The molecule has 0 N–H and O–H groups in total. The summed E-state index contributed by atoms with van der Waals surface area (Å²) >= 11 is 1.75. The van der Waals surface area contributed by atoms with E-state index in [9.17, 15) is 0 Å². The molecule has 2 nitrogen and oxygen atoms in total. The lowest BCUT2D eigenvalue weighted by Crippen LogP contribution is -2.13. The molecule has 0 aliphatic heterocycles. The fourth-order valence-electron chi connectivity index (χ4n) is 3.94. The molecule has 0 aliphatic rings. The first kappa shape index (κ1) is 16.5. The molecule has 27 heavy (non-hydrogen) atoms. The molecule has 0 bridgehead atoms. The monoisotopic (exact) mass is 371 g/mol. The third-order valence-electron chi connectivity index (χ3n) is 5.26. The predicted molar refractivity (Wildman–Crippen MR) is 116 cm³/mol. The fourth-order valence-corrected chi connectivity index (χ4v) is 4.73. The molecule has 0 radical (unpaired) electrons. The van der Waals surface area contributed by atoms with Gasteiger partial charge in [0, 0.05) is 27.2 Å². The van der Waals surface area contributed by atoms with Crippen LogP contribution >= 0.6 is 11.3 Å². The van der Waals surface area contributed by atoms with Crippen LogP contribution in [0.3, 0.4) is 0 Å². The number of thiophene rings is 1. The molecule has 3 aromatic heterocycles. The van der Waals surface area contributed by atoms with Crippen molar-refractivity contribution in [2.24, 2.45) is 0 Å². The molecule has 2 aromatic carbocycles. The van der Waals surface area contributed by atoms with E-state index >= 15 is 0 Å². The van der Waals surface area contributed by atoms with E-state index in [0.717, 1.165) is 27.8 Å². The van der Waals surface area contributed by atoms with Gasteiger partial charge in [0.15, 0.2) is 0 Å². The first-order valence-corrected chi connectivity index (χ1v) is 10.1. The van der Waals surface area contributed by atoms with E-state index in [-0.39, 0.29) is 5.41 Å². The van der Waals surface area contributed by atoms with Crippen molar-refractivity contribution in [1.29, 1.82) is 0 Å². The minimum atomic E-state index is 0.0773. The lowest BCUT2D eigenvalue weighted by atomic mass is 9.84. The smallest absolute Gasteiger partial charge is 0.144 e. The van der Waals surface area contributed by atoms with Gasteiger partial charge in [0.25, 0.3) is 0 Å². The average molecular weight is 372 g/mol. The minimum absolute atomic E-state index is 0.0773. The van der Waals surface area contributed by atoms with Gasteiger partial charge in [0.2, 0.25) is 0 Å². The highest BCUT2D eigenvalue weighted by atomic mass is 32.1. The zero-order valence-corrected chi connectivity index (χ0v) is 16.8. The molecule has 0 aliphatic carbocycles. The third kappa shape index (κ3) is 2.57. The van der Waals surface area contributed by atoms with Gasteiger partial charge in [-0.25, -0.2) is 0 Å². The number of fused-ring (bicyclic) bond motifs is 4. The maximum Gasteiger partial charge on any atom is 0.144 e. The molecule has 0 spiro atoms. The molecule has 134 valence electrons. The summed E-state index contributed by atoms with van der Waals surface area (Å²) in [5.41, 5.74) is 6.50. The molecule has 0 atom stereocenters. The highest BCUT2D eigenvalue weighted by Gasteiger charge is 2.19. The van der Waals surface area contributed by atoms with Crippen molar-refractivity contribution in [2.45, 2.75) is 33.1 Å². The Labute approximate surface area is 162 Å². The first-order chi connectivity index (χ1) is 12.9. The van der Waals surface area contributed by atoms with Gasteiger partial charge in [-0.3, -0.25) is 4.98 Å². The number of hydrogen-bond acceptors (Lipinski definition) is 3. The molecular weight excluding hydrogens is 350 g/mol. The van der Waals surface area contributed by atoms with Crippen LogP contribution in [0.25, 0.3) is 43.3 Å². The Morgan fingerprint density at radius 3 is 2.67 bits per heavy atom. The van der Waals surface area contributed by atoms with Crippen molar-refractivity contribution < 1.29 is 4.42 Å². The molecular formula is C24H21NOS. The van der Waals surface area contributed by atoms with Crippen LogP contribution in [0.15, 0.2) is 58.5 Å². The average Bonchev–Trinajstić information content (AvgIpc) is 3.22. The summed E-state index contributed by atoms with van der Waals surface area (Å²) in [5, 5.41) is 5.71. The molecule has 0 saturated carbocycles. The SMILES string of the molecule is Cc1cnc(-c2cccc3c2oc2cc4sccc4cc23)cc1C(C)(C)C. The summed E-state index contributed by atoms with van der Waals surface area (Å²) in [4.78, 5) is 4.73. The number of aryl methyl sites for hydroxylation is 1. The minimum Gasteiger partial charge on any atom is -0.455 e. The lowest BCUT2D eigenvalue weighted by molar-refractivity contribution is 0.585. The fraction of sp³-hybridized carbons (Fsp3) is 0.208. The van der Waals surface area contributed by atoms with Crippen LogP contribution < -0.4 is 0 Å². The van der Waals surface area contributed by atoms with Crippen molar-refractivity contribution >= 4 is 43.4 Å². The van der Waals surface area contributed by atoms with Crippen LogP contribution in [0.2, 0.25) is 0 Å².